The normalized spacial score (nSPS) is 9.89. The first-order valence-electron chi connectivity index (χ1n) is 5.39. The van der Waals surface area contributed by atoms with Crippen molar-refractivity contribution in [2.24, 2.45) is 5.73 Å². The number of hydrogen-bond acceptors (Lipinski definition) is 4. The lowest BCUT2D eigenvalue weighted by molar-refractivity contribution is -0.114. The van der Waals surface area contributed by atoms with Crippen LogP contribution in [0.2, 0.25) is 0 Å². The molecule has 0 aliphatic rings. The molecule has 2 aromatic rings. The number of benzene rings is 1. The molecule has 0 saturated carbocycles. The van der Waals surface area contributed by atoms with Crippen LogP contribution in [0.5, 0.6) is 0 Å². The molecule has 0 atom stereocenters. The number of primary amides is 1. The van der Waals surface area contributed by atoms with Gasteiger partial charge in [-0.25, -0.2) is 4.98 Å². The Morgan fingerprint density at radius 1 is 1.26 bits per heavy atom. The molecule has 1 aromatic carbocycles. The van der Waals surface area contributed by atoms with Gasteiger partial charge in [0.1, 0.15) is 10.7 Å². The van der Waals surface area contributed by atoms with E-state index in [-0.39, 0.29) is 11.4 Å². The molecule has 96 valence electrons. The predicted molar refractivity (Wildman–Crippen MR) is 73.4 cm³/mol. The number of nitrogens with zero attached hydrogens (tertiary/aromatic N) is 1. The Labute approximate surface area is 113 Å². The fourth-order valence-electron chi connectivity index (χ4n) is 1.35. The van der Waals surface area contributed by atoms with Crippen LogP contribution in [-0.4, -0.2) is 16.8 Å². The number of nitrogens with two attached hydrogens (primary N) is 1. The molecule has 1 heterocycles. The molecule has 3 N–H and O–H groups in total. The minimum atomic E-state index is -0.771. The molecule has 0 unspecified atom stereocenters. The lowest BCUT2D eigenvalue weighted by Gasteiger charge is -2.01. The topological polar surface area (TPSA) is 85.1 Å². The summed E-state index contributed by atoms with van der Waals surface area (Å²) in [6.07, 6.45) is 0. The van der Waals surface area contributed by atoms with Crippen LogP contribution in [0.3, 0.4) is 0 Å². The molecule has 19 heavy (non-hydrogen) atoms. The number of aromatic nitrogens is 1. The first-order valence-corrected chi connectivity index (χ1v) is 6.27. The summed E-state index contributed by atoms with van der Waals surface area (Å²) in [5.74, 6) is -1.27. The zero-order valence-electron chi connectivity index (χ0n) is 9.92. The lowest BCUT2D eigenvalue weighted by atomic mass is 10.2. The number of hydrogen-bond donors (Lipinski definition) is 2. The van der Waals surface area contributed by atoms with Crippen molar-refractivity contribution in [1.29, 1.82) is 0 Å². The van der Waals surface area contributed by atoms with Crippen molar-refractivity contribution in [2.75, 3.05) is 0 Å². The Hall–Kier alpha value is -2.47. The Morgan fingerprint density at radius 2 is 1.95 bits per heavy atom. The summed E-state index contributed by atoms with van der Waals surface area (Å²) in [6, 6.07) is 9.50. The van der Waals surface area contributed by atoms with Gasteiger partial charge in [0, 0.05) is 10.9 Å². The Kier molecular flexibility index (Phi) is 3.72. The maximum Gasteiger partial charge on any atom is 0.275 e. The van der Waals surface area contributed by atoms with Gasteiger partial charge in [0.25, 0.3) is 11.8 Å². The number of carbonyl (C=O) groups is 2. The molecule has 5 nitrogen and oxygen atoms in total. The summed E-state index contributed by atoms with van der Waals surface area (Å²) in [6.45, 7) is 3.35. The third-order valence-corrected chi connectivity index (χ3v) is 3.21. The highest BCUT2D eigenvalue weighted by molar-refractivity contribution is 7.13. The number of amides is 2. The van der Waals surface area contributed by atoms with E-state index < -0.39 is 11.8 Å². The molecule has 0 fully saturated rings. The number of carbonyl (C=O) groups excluding carboxylic acids is 2. The highest BCUT2D eigenvalue weighted by Crippen LogP contribution is 2.23. The van der Waals surface area contributed by atoms with Crippen molar-refractivity contribution in [3.05, 3.63) is 53.7 Å². The molecule has 2 amide bonds. The van der Waals surface area contributed by atoms with Crippen molar-refractivity contribution >= 4 is 23.2 Å². The van der Waals surface area contributed by atoms with E-state index in [9.17, 15) is 9.59 Å². The van der Waals surface area contributed by atoms with Crippen LogP contribution in [0.4, 0.5) is 0 Å². The molecular weight excluding hydrogens is 262 g/mol. The lowest BCUT2D eigenvalue weighted by Crippen LogP contribution is -2.30. The summed E-state index contributed by atoms with van der Waals surface area (Å²) >= 11 is 1.35. The van der Waals surface area contributed by atoms with Crippen molar-refractivity contribution in [1.82, 2.24) is 10.3 Å². The largest absolute Gasteiger partial charge is 0.364 e. The van der Waals surface area contributed by atoms with Gasteiger partial charge in [0.05, 0.1) is 5.70 Å². The third kappa shape index (κ3) is 3.05. The molecule has 2 rings (SSSR count). The number of rotatable bonds is 4. The first-order chi connectivity index (χ1) is 9.08. The van der Waals surface area contributed by atoms with Crippen LogP contribution in [0, 0.1) is 0 Å². The minimum absolute atomic E-state index is 0.153. The molecule has 1 aromatic heterocycles. The van der Waals surface area contributed by atoms with Gasteiger partial charge in [-0.15, -0.1) is 11.3 Å². The van der Waals surface area contributed by atoms with Crippen LogP contribution in [0.1, 0.15) is 10.5 Å². The van der Waals surface area contributed by atoms with Gasteiger partial charge >= 0.3 is 0 Å². The van der Waals surface area contributed by atoms with E-state index in [0.29, 0.717) is 0 Å². The number of thiazole rings is 1. The fourth-order valence-corrected chi connectivity index (χ4v) is 2.16. The van der Waals surface area contributed by atoms with Crippen molar-refractivity contribution < 1.29 is 9.59 Å². The summed E-state index contributed by atoms with van der Waals surface area (Å²) < 4.78 is 0. The van der Waals surface area contributed by atoms with Gasteiger partial charge in [-0.3, -0.25) is 9.59 Å². The van der Waals surface area contributed by atoms with Crippen LogP contribution in [0.25, 0.3) is 10.6 Å². The summed E-state index contributed by atoms with van der Waals surface area (Å²) in [5.41, 5.74) is 5.99. The first kappa shape index (κ1) is 13.0. The number of nitrogens with one attached hydrogen (secondary N) is 1. The van der Waals surface area contributed by atoms with Crippen molar-refractivity contribution in [3.63, 3.8) is 0 Å². The van der Waals surface area contributed by atoms with Crippen molar-refractivity contribution in [3.8, 4) is 10.6 Å². The molecule has 0 saturated heterocycles. The molecule has 0 aliphatic carbocycles. The zero-order valence-corrected chi connectivity index (χ0v) is 10.7. The smallest absolute Gasteiger partial charge is 0.275 e. The molecule has 0 radical (unpaired) electrons. The van der Waals surface area contributed by atoms with E-state index in [1.54, 1.807) is 5.38 Å². The molecular formula is C13H11N3O2S. The average Bonchev–Trinajstić information content (AvgIpc) is 2.89. The highest BCUT2D eigenvalue weighted by atomic mass is 32.1. The SMILES string of the molecule is C=C(NC(=O)c1csc(-c2ccccc2)n1)C(N)=O. The molecule has 6 heteroatoms. The third-order valence-electron chi connectivity index (χ3n) is 2.32. The standard InChI is InChI=1S/C13H11N3O2S/c1-8(11(14)17)15-12(18)10-7-19-13(16-10)9-5-3-2-4-6-9/h2-7H,1H2,(H2,14,17)(H,15,18). The second-order valence-corrected chi connectivity index (χ2v) is 4.56. The maximum absolute atomic E-state index is 11.8. The van der Waals surface area contributed by atoms with Crippen LogP contribution >= 0.6 is 11.3 Å². The fraction of sp³-hybridized carbons (Fsp3) is 0. The summed E-state index contributed by atoms with van der Waals surface area (Å²) in [5, 5.41) is 4.65. The van der Waals surface area contributed by atoms with Gasteiger partial charge in [-0.2, -0.15) is 0 Å². The van der Waals surface area contributed by atoms with Gasteiger partial charge < -0.3 is 11.1 Å². The van der Waals surface area contributed by atoms with Crippen molar-refractivity contribution in [2.45, 2.75) is 0 Å². The van der Waals surface area contributed by atoms with E-state index in [1.807, 2.05) is 30.3 Å². The van der Waals surface area contributed by atoms with E-state index in [0.717, 1.165) is 10.6 Å². The summed E-state index contributed by atoms with van der Waals surface area (Å²) in [4.78, 5) is 26.8. The molecule has 0 aliphatic heterocycles. The molecule has 0 bridgehead atoms. The highest BCUT2D eigenvalue weighted by Gasteiger charge is 2.14. The second-order valence-electron chi connectivity index (χ2n) is 3.70. The zero-order chi connectivity index (χ0) is 13.8. The predicted octanol–water partition coefficient (Wildman–Crippen LogP) is 1.54. The Morgan fingerprint density at radius 3 is 2.58 bits per heavy atom. The van der Waals surface area contributed by atoms with Gasteiger partial charge in [0.15, 0.2) is 0 Å². The Bertz CT molecular complexity index is 634. The second kappa shape index (κ2) is 5.45. The van der Waals surface area contributed by atoms with Crippen LogP contribution in [-0.2, 0) is 4.79 Å². The Balaban J connectivity index is 2.16. The van der Waals surface area contributed by atoms with Gasteiger partial charge in [-0.05, 0) is 0 Å². The average molecular weight is 273 g/mol. The minimum Gasteiger partial charge on any atom is -0.364 e. The maximum atomic E-state index is 11.8. The quantitative estimate of drug-likeness (QED) is 0.829. The van der Waals surface area contributed by atoms with E-state index >= 15 is 0 Å². The van der Waals surface area contributed by atoms with Crippen LogP contribution < -0.4 is 11.1 Å². The van der Waals surface area contributed by atoms with Crippen LogP contribution in [0.15, 0.2) is 48.0 Å². The summed E-state index contributed by atoms with van der Waals surface area (Å²) in [7, 11) is 0. The van der Waals surface area contributed by atoms with Gasteiger partial charge in [-0.1, -0.05) is 36.9 Å². The monoisotopic (exact) mass is 273 g/mol. The van der Waals surface area contributed by atoms with Gasteiger partial charge in [0.2, 0.25) is 0 Å². The molecule has 0 spiro atoms. The van der Waals surface area contributed by atoms with E-state index in [2.05, 4.69) is 16.9 Å². The van der Waals surface area contributed by atoms with E-state index in [1.165, 1.54) is 11.3 Å². The van der Waals surface area contributed by atoms with E-state index in [4.69, 9.17) is 5.73 Å².